The molecule has 1 amide bonds. The molecule has 24 heavy (non-hydrogen) atoms. The summed E-state index contributed by atoms with van der Waals surface area (Å²) in [7, 11) is 0. The largest absolute Gasteiger partial charge is 0.452 e. The van der Waals surface area contributed by atoms with Crippen LogP contribution in [0.2, 0.25) is 5.02 Å². The molecule has 2 aromatic rings. The van der Waals surface area contributed by atoms with E-state index in [1.54, 1.807) is 0 Å². The molecule has 0 saturated heterocycles. The Labute approximate surface area is 140 Å². The Bertz CT molecular complexity index is 812. The van der Waals surface area contributed by atoms with Crippen molar-refractivity contribution in [1.82, 2.24) is 0 Å². The summed E-state index contributed by atoms with van der Waals surface area (Å²) in [5, 5.41) is 13.0. The number of nitrogens with zero attached hydrogens (tertiary/aromatic N) is 1. The normalized spacial score (nSPS) is 10.1. The van der Waals surface area contributed by atoms with Crippen LogP contribution in [0.1, 0.15) is 10.4 Å². The van der Waals surface area contributed by atoms with E-state index >= 15 is 0 Å². The number of ether oxygens (including phenoxy) is 1. The highest BCUT2D eigenvalue weighted by atomic mass is 35.5. The van der Waals surface area contributed by atoms with Gasteiger partial charge < -0.3 is 10.1 Å². The van der Waals surface area contributed by atoms with Gasteiger partial charge in [0.05, 0.1) is 10.5 Å². The highest BCUT2D eigenvalue weighted by molar-refractivity contribution is 6.32. The van der Waals surface area contributed by atoms with Gasteiger partial charge in [-0.3, -0.25) is 14.9 Å². The highest BCUT2D eigenvalue weighted by Crippen LogP contribution is 2.27. The maximum atomic E-state index is 13.4. The van der Waals surface area contributed by atoms with E-state index in [1.807, 2.05) is 0 Å². The van der Waals surface area contributed by atoms with Gasteiger partial charge in [0.1, 0.15) is 10.8 Å². The lowest BCUT2D eigenvalue weighted by Gasteiger charge is -2.07. The minimum atomic E-state index is -0.995. The maximum absolute atomic E-state index is 13.4. The molecule has 0 aliphatic carbocycles. The number of esters is 1. The van der Waals surface area contributed by atoms with Gasteiger partial charge in [0.15, 0.2) is 6.61 Å². The molecular formula is C15H10ClFN2O5. The number of hydrogen-bond donors (Lipinski definition) is 1. The van der Waals surface area contributed by atoms with Gasteiger partial charge in [0, 0.05) is 11.8 Å². The van der Waals surface area contributed by atoms with Crippen molar-refractivity contribution in [3.63, 3.8) is 0 Å². The number of nitro groups is 1. The maximum Gasteiger partial charge on any atom is 0.341 e. The number of carbonyl (C=O) groups excluding carboxylic acids is 2. The number of carbonyl (C=O) groups is 2. The smallest absolute Gasteiger partial charge is 0.341 e. The number of benzene rings is 2. The Morgan fingerprint density at radius 3 is 2.62 bits per heavy atom. The molecule has 0 bridgehead atoms. The van der Waals surface area contributed by atoms with Crippen LogP contribution < -0.4 is 5.32 Å². The topological polar surface area (TPSA) is 98.5 Å². The summed E-state index contributed by atoms with van der Waals surface area (Å²) in [6.07, 6.45) is 0. The average Bonchev–Trinajstić information content (AvgIpc) is 2.54. The molecule has 0 spiro atoms. The van der Waals surface area contributed by atoms with Crippen LogP contribution in [0, 0.1) is 15.9 Å². The third kappa shape index (κ3) is 4.26. The van der Waals surface area contributed by atoms with E-state index in [4.69, 9.17) is 16.3 Å². The van der Waals surface area contributed by atoms with Crippen LogP contribution >= 0.6 is 11.6 Å². The van der Waals surface area contributed by atoms with Gasteiger partial charge in [0.2, 0.25) is 0 Å². The molecule has 0 heterocycles. The van der Waals surface area contributed by atoms with Crippen LogP contribution in [-0.2, 0) is 9.53 Å². The van der Waals surface area contributed by atoms with Crippen LogP contribution in [-0.4, -0.2) is 23.4 Å². The molecule has 0 atom stereocenters. The lowest BCUT2D eigenvalue weighted by atomic mass is 10.2. The van der Waals surface area contributed by atoms with Crippen molar-refractivity contribution in [2.24, 2.45) is 0 Å². The third-order valence-electron chi connectivity index (χ3n) is 2.85. The summed E-state index contributed by atoms with van der Waals surface area (Å²) in [5.41, 5.74) is -0.566. The Morgan fingerprint density at radius 1 is 1.25 bits per heavy atom. The minimum Gasteiger partial charge on any atom is -0.452 e. The lowest BCUT2D eigenvalue weighted by molar-refractivity contribution is -0.384. The van der Waals surface area contributed by atoms with Gasteiger partial charge in [-0.1, -0.05) is 23.7 Å². The number of nitro benzene ring substituents is 1. The molecule has 0 aliphatic rings. The van der Waals surface area contributed by atoms with Crippen molar-refractivity contribution in [3.8, 4) is 0 Å². The summed E-state index contributed by atoms with van der Waals surface area (Å²) in [4.78, 5) is 33.4. The quantitative estimate of drug-likeness (QED) is 0.506. The Hall–Kier alpha value is -3.00. The molecule has 124 valence electrons. The first-order valence-electron chi connectivity index (χ1n) is 6.54. The van der Waals surface area contributed by atoms with E-state index in [-0.39, 0.29) is 22.0 Å². The molecule has 2 rings (SSSR count). The van der Waals surface area contributed by atoms with Crippen LogP contribution in [0.3, 0.4) is 0 Å². The molecule has 0 unspecified atom stereocenters. The summed E-state index contributed by atoms with van der Waals surface area (Å²) < 4.78 is 18.1. The molecule has 1 N–H and O–H groups in total. The number of halogens is 2. The first-order chi connectivity index (χ1) is 11.4. The van der Waals surface area contributed by atoms with E-state index in [0.29, 0.717) is 0 Å². The lowest BCUT2D eigenvalue weighted by Crippen LogP contribution is -2.21. The van der Waals surface area contributed by atoms with Gasteiger partial charge >= 0.3 is 5.97 Å². The van der Waals surface area contributed by atoms with E-state index < -0.39 is 29.2 Å². The van der Waals surface area contributed by atoms with Crippen LogP contribution in [0.15, 0.2) is 42.5 Å². The SMILES string of the molecule is O=C(COC(=O)c1ccccc1F)Nc1ccc(Cl)c([N+](=O)[O-])c1. The van der Waals surface area contributed by atoms with E-state index in [1.165, 1.54) is 30.3 Å². The van der Waals surface area contributed by atoms with E-state index in [2.05, 4.69) is 5.32 Å². The number of hydrogen-bond acceptors (Lipinski definition) is 5. The molecule has 0 fully saturated rings. The number of amides is 1. The van der Waals surface area contributed by atoms with Gasteiger partial charge in [-0.25, -0.2) is 9.18 Å². The van der Waals surface area contributed by atoms with Gasteiger partial charge in [-0.2, -0.15) is 0 Å². The van der Waals surface area contributed by atoms with E-state index in [0.717, 1.165) is 12.1 Å². The van der Waals surface area contributed by atoms with Crippen molar-refractivity contribution < 1.29 is 23.6 Å². The predicted molar refractivity (Wildman–Crippen MR) is 83.4 cm³/mol. The van der Waals surface area contributed by atoms with Crippen molar-refractivity contribution in [2.45, 2.75) is 0 Å². The minimum absolute atomic E-state index is 0.0796. The second-order valence-electron chi connectivity index (χ2n) is 4.53. The van der Waals surface area contributed by atoms with Crippen molar-refractivity contribution in [1.29, 1.82) is 0 Å². The average molecular weight is 353 g/mol. The first kappa shape index (κ1) is 17.4. The summed E-state index contributed by atoms with van der Waals surface area (Å²) in [6, 6.07) is 8.84. The van der Waals surface area contributed by atoms with Crippen molar-refractivity contribution in [3.05, 3.63) is 69.0 Å². The fourth-order valence-electron chi connectivity index (χ4n) is 1.76. The molecule has 0 saturated carbocycles. The molecule has 9 heteroatoms. The summed E-state index contributed by atoms with van der Waals surface area (Å²) in [5.74, 6) is -2.50. The number of rotatable bonds is 5. The molecule has 0 aliphatic heterocycles. The molecule has 0 aromatic heterocycles. The Kier molecular flexibility index (Phi) is 5.43. The second-order valence-corrected chi connectivity index (χ2v) is 4.93. The molecular weight excluding hydrogens is 343 g/mol. The third-order valence-corrected chi connectivity index (χ3v) is 3.17. The fraction of sp³-hybridized carbons (Fsp3) is 0.0667. The van der Waals surface area contributed by atoms with Gasteiger partial charge in [0.25, 0.3) is 11.6 Å². The van der Waals surface area contributed by atoms with Crippen LogP contribution in [0.4, 0.5) is 15.8 Å². The van der Waals surface area contributed by atoms with Crippen LogP contribution in [0.5, 0.6) is 0 Å². The monoisotopic (exact) mass is 352 g/mol. The number of nitrogens with one attached hydrogen (secondary N) is 1. The Morgan fingerprint density at radius 2 is 1.96 bits per heavy atom. The van der Waals surface area contributed by atoms with Crippen molar-refractivity contribution >= 4 is 34.9 Å². The predicted octanol–water partition coefficient (Wildman–Crippen LogP) is 3.18. The van der Waals surface area contributed by atoms with Crippen LogP contribution in [0.25, 0.3) is 0 Å². The standard InChI is InChI=1S/C15H10ClFN2O5/c16-11-6-5-9(7-13(11)19(22)23)18-14(20)8-24-15(21)10-3-1-2-4-12(10)17/h1-7H,8H2,(H,18,20). The zero-order chi connectivity index (χ0) is 17.7. The Balaban J connectivity index is 1.97. The fourth-order valence-corrected chi connectivity index (χ4v) is 1.95. The van der Waals surface area contributed by atoms with Gasteiger partial charge in [-0.15, -0.1) is 0 Å². The summed E-state index contributed by atoms with van der Waals surface area (Å²) >= 11 is 5.65. The second kappa shape index (κ2) is 7.51. The zero-order valence-electron chi connectivity index (χ0n) is 12.0. The summed E-state index contributed by atoms with van der Waals surface area (Å²) in [6.45, 7) is -0.677. The van der Waals surface area contributed by atoms with Gasteiger partial charge in [-0.05, 0) is 24.3 Å². The molecule has 2 aromatic carbocycles. The van der Waals surface area contributed by atoms with Crippen molar-refractivity contribution in [2.75, 3.05) is 11.9 Å². The zero-order valence-corrected chi connectivity index (χ0v) is 12.7. The molecule has 0 radical (unpaired) electrons. The first-order valence-corrected chi connectivity index (χ1v) is 6.91. The molecule has 7 nitrogen and oxygen atoms in total. The highest BCUT2D eigenvalue weighted by Gasteiger charge is 2.16. The number of anilines is 1. The van der Waals surface area contributed by atoms with E-state index in [9.17, 15) is 24.1 Å².